The van der Waals surface area contributed by atoms with Crippen molar-refractivity contribution < 1.29 is 9.53 Å². The lowest BCUT2D eigenvalue weighted by atomic mass is 10.2. The van der Waals surface area contributed by atoms with Gasteiger partial charge in [0.15, 0.2) is 0 Å². The van der Waals surface area contributed by atoms with Gasteiger partial charge in [0.1, 0.15) is 0 Å². The van der Waals surface area contributed by atoms with E-state index in [1.807, 2.05) is 17.0 Å². The van der Waals surface area contributed by atoms with Crippen LogP contribution in [0.4, 0.5) is 0 Å². The van der Waals surface area contributed by atoms with Crippen molar-refractivity contribution in [3.8, 4) is 0 Å². The number of rotatable bonds is 7. The molecule has 1 aromatic heterocycles. The van der Waals surface area contributed by atoms with Crippen molar-refractivity contribution in [2.75, 3.05) is 65.6 Å². The third-order valence-electron chi connectivity index (χ3n) is 5.42. The first-order valence-electron chi connectivity index (χ1n) is 10.1. The fourth-order valence-corrected chi connectivity index (χ4v) is 3.56. The number of ether oxygens (including phenoxy) is 1. The lowest BCUT2D eigenvalue weighted by molar-refractivity contribution is 0.0384. The standard InChI is InChI=1S/C20H33N5O2/c1-17(2)24-7-9-25(10-8-24)20(26)18-3-4-19(22-15-18)16-21-5-6-23-11-13-27-14-12-23/h3-4,15,17,21H,5-14,16H2,1-2H3. The fraction of sp³-hybridized carbons (Fsp3) is 0.700. The van der Waals surface area contributed by atoms with E-state index in [1.54, 1.807) is 6.20 Å². The monoisotopic (exact) mass is 375 g/mol. The molecule has 0 spiro atoms. The number of amides is 1. The van der Waals surface area contributed by atoms with Crippen LogP contribution in [0.15, 0.2) is 18.3 Å². The van der Waals surface area contributed by atoms with Crippen LogP contribution in [0.3, 0.4) is 0 Å². The Kier molecular flexibility index (Phi) is 7.58. The number of nitrogens with one attached hydrogen (secondary N) is 1. The number of morpholine rings is 1. The predicted octanol–water partition coefficient (Wildman–Crippen LogP) is 0.670. The number of hydrogen-bond donors (Lipinski definition) is 1. The number of aromatic nitrogens is 1. The molecule has 2 aliphatic rings. The highest BCUT2D eigenvalue weighted by Crippen LogP contribution is 2.10. The molecule has 3 heterocycles. The molecule has 0 radical (unpaired) electrons. The lowest BCUT2D eigenvalue weighted by Gasteiger charge is -2.36. The minimum atomic E-state index is 0.0951. The molecular weight excluding hydrogens is 342 g/mol. The van der Waals surface area contributed by atoms with Crippen LogP contribution in [0.5, 0.6) is 0 Å². The molecular formula is C20H33N5O2. The van der Waals surface area contributed by atoms with E-state index in [0.29, 0.717) is 11.6 Å². The van der Waals surface area contributed by atoms with Crippen LogP contribution < -0.4 is 5.32 Å². The number of piperazine rings is 1. The normalized spacial score (nSPS) is 19.6. The molecule has 0 aromatic carbocycles. The maximum Gasteiger partial charge on any atom is 0.255 e. The van der Waals surface area contributed by atoms with Crippen molar-refractivity contribution in [3.05, 3.63) is 29.6 Å². The first-order chi connectivity index (χ1) is 13.1. The lowest BCUT2D eigenvalue weighted by Crippen LogP contribution is -2.50. The maximum atomic E-state index is 12.7. The Labute approximate surface area is 162 Å². The second kappa shape index (κ2) is 10.1. The minimum Gasteiger partial charge on any atom is -0.379 e. The van der Waals surface area contributed by atoms with E-state index in [1.165, 1.54) is 0 Å². The van der Waals surface area contributed by atoms with Crippen molar-refractivity contribution in [3.63, 3.8) is 0 Å². The van der Waals surface area contributed by atoms with E-state index in [2.05, 4.69) is 33.9 Å². The van der Waals surface area contributed by atoms with Gasteiger partial charge >= 0.3 is 0 Å². The highest BCUT2D eigenvalue weighted by atomic mass is 16.5. The second-order valence-electron chi connectivity index (χ2n) is 7.59. The smallest absolute Gasteiger partial charge is 0.255 e. The molecule has 2 saturated heterocycles. The third-order valence-corrected chi connectivity index (χ3v) is 5.42. The summed E-state index contributed by atoms with van der Waals surface area (Å²) in [5, 5.41) is 3.43. The second-order valence-corrected chi connectivity index (χ2v) is 7.59. The first kappa shape index (κ1) is 20.2. The van der Waals surface area contributed by atoms with Crippen LogP contribution in [-0.4, -0.2) is 97.2 Å². The maximum absolute atomic E-state index is 12.7. The molecule has 0 unspecified atom stereocenters. The molecule has 0 atom stereocenters. The van der Waals surface area contributed by atoms with Gasteiger partial charge in [-0.1, -0.05) is 0 Å². The fourth-order valence-electron chi connectivity index (χ4n) is 3.56. The summed E-state index contributed by atoms with van der Waals surface area (Å²) in [5.74, 6) is 0.0951. The van der Waals surface area contributed by atoms with Crippen molar-refractivity contribution >= 4 is 5.91 Å². The first-order valence-corrected chi connectivity index (χ1v) is 10.1. The Balaban J connectivity index is 1.39. The summed E-state index contributed by atoms with van der Waals surface area (Å²) in [6, 6.07) is 4.40. The van der Waals surface area contributed by atoms with Gasteiger partial charge < -0.3 is 15.0 Å². The van der Waals surface area contributed by atoms with E-state index in [9.17, 15) is 4.79 Å². The summed E-state index contributed by atoms with van der Waals surface area (Å²) < 4.78 is 5.36. The van der Waals surface area contributed by atoms with Crippen molar-refractivity contribution in [2.45, 2.75) is 26.4 Å². The van der Waals surface area contributed by atoms with Crippen LogP contribution in [-0.2, 0) is 11.3 Å². The molecule has 1 N–H and O–H groups in total. The van der Waals surface area contributed by atoms with Crippen LogP contribution >= 0.6 is 0 Å². The van der Waals surface area contributed by atoms with Gasteiger partial charge in [-0.15, -0.1) is 0 Å². The van der Waals surface area contributed by atoms with Crippen LogP contribution in [0.1, 0.15) is 29.9 Å². The summed E-state index contributed by atoms with van der Waals surface area (Å²) in [4.78, 5) is 23.9. The van der Waals surface area contributed by atoms with Gasteiger partial charge in [0.25, 0.3) is 5.91 Å². The van der Waals surface area contributed by atoms with Gasteiger partial charge in [0.2, 0.25) is 0 Å². The van der Waals surface area contributed by atoms with Gasteiger partial charge in [-0.05, 0) is 26.0 Å². The van der Waals surface area contributed by atoms with Gasteiger partial charge in [0, 0.05) is 71.1 Å². The number of hydrogen-bond acceptors (Lipinski definition) is 6. The molecule has 0 bridgehead atoms. The van der Waals surface area contributed by atoms with Gasteiger partial charge in [-0.3, -0.25) is 19.6 Å². The average molecular weight is 376 g/mol. The molecule has 1 amide bonds. The molecule has 3 rings (SSSR count). The summed E-state index contributed by atoms with van der Waals surface area (Å²) in [7, 11) is 0. The molecule has 27 heavy (non-hydrogen) atoms. The van der Waals surface area contributed by atoms with E-state index in [-0.39, 0.29) is 5.91 Å². The Morgan fingerprint density at radius 1 is 1.15 bits per heavy atom. The molecule has 150 valence electrons. The quantitative estimate of drug-likeness (QED) is 0.707. The van der Waals surface area contributed by atoms with E-state index in [0.717, 1.165) is 77.8 Å². The zero-order valence-corrected chi connectivity index (χ0v) is 16.7. The molecule has 1 aromatic rings. The molecule has 0 aliphatic carbocycles. The minimum absolute atomic E-state index is 0.0951. The highest BCUT2D eigenvalue weighted by molar-refractivity contribution is 5.94. The van der Waals surface area contributed by atoms with Crippen molar-refractivity contribution in [2.24, 2.45) is 0 Å². The molecule has 7 heteroatoms. The largest absolute Gasteiger partial charge is 0.379 e. The average Bonchev–Trinajstić information content (AvgIpc) is 2.72. The highest BCUT2D eigenvalue weighted by Gasteiger charge is 2.23. The van der Waals surface area contributed by atoms with Crippen molar-refractivity contribution in [1.29, 1.82) is 0 Å². The Morgan fingerprint density at radius 2 is 1.89 bits per heavy atom. The van der Waals surface area contributed by atoms with E-state index >= 15 is 0 Å². The van der Waals surface area contributed by atoms with Gasteiger partial charge in [-0.25, -0.2) is 0 Å². The topological polar surface area (TPSA) is 60.9 Å². The Hall–Kier alpha value is -1.54. The van der Waals surface area contributed by atoms with E-state index in [4.69, 9.17) is 4.74 Å². The molecule has 0 saturated carbocycles. The number of carbonyl (C=O) groups is 1. The van der Waals surface area contributed by atoms with E-state index < -0.39 is 0 Å². The summed E-state index contributed by atoms with van der Waals surface area (Å²) in [6.45, 7) is 14.3. The number of carbonyl (C=O) groups excluding carboxylic acids is 1. The Morgan fingerprint density at radius 3 is 2.52 bits per heavy atom. The number of pyridine rings is 1. The van der Waals surface area contributed by atoms with Crippen LogP contribution in [0.2, 0.25) is 0 Å². The van der Waals surface area contributed by atoms with Crippen molar-refractivity contribution in [1.82, 2.24) is 25.0 Å². The van der Waals surface area contributed by atoms with Crippen LogP contribution in [0.25, 0.3) is 0 Å². The zero-order chi connectivity index (χ0) is 19.1. The summed E-state index contributed by atoms with van der Waals surface area (Å²) >= 11 is 0. The summed E-state index contributed by atoms with van der Waals surface area (Å²) in [6.07, 6.45) is 1.72. The molecule has 7 nitrogen and oxygen atoms in total. The van der Waals surface area contributed by atoms with Gasteiger partial charge in [0.05, 0.1) is 24.5 Å². The molecule has 2 aliphatic heterocycles. The van der Waals surface area contributed by atoms with Crippen LogP contribution in [0, 0.1) is 0 Å². The summed E-state index contributed by atoms with van der Waals surface area (Å²) in [5.41, 5.74) is 1.66. The number of nitrogens with zero attached hydrogens (tertiary/aromatic N) is 4. The third kappa shape index (κ3) is 5.97. The zero-order valence-electron chi connectivity index (χ0n) is 16.7. The predicted molar refractivity (Wildman–Crippen MR) is 106 cm³/mol. The SMILES string of the molecule is CC(C)N1CCN(C(=O)c2ccc(CNCCN3CCOCC3)nc2)CC1. The van der Waals surface area contributed by atoms with Gasteiger partial charge in [-0.2, -0.15) is 0 Å². The Bertz CT molecular complexity index is 579. The molecule has 2 fully saturated rings.